The van der Waals surface area contributed by atoms with Crippen LogP contribution in [0.3, 0.4) is 0 Å². The van der Waals surface area contributed by atoms with Crippen LogP contribution in [0.5, 0.6) is 0 Å². The van der Waals surface area contributed by atoms with Gasteiger partial charge in [-0.15, -0.1) is 0 Å². The zero-order chi connectivity index (χ0) is 20.9. The first-order chi connectivity index (χ1) is 12.9. The van der Waals surface area contributed by atoms with Crippen LogP contribution in [-0.4, -0.2) is 42.0 Å². The number of amides is 1. The van der Waals surface area contributed by atoms with E-state index in [4.69, 9.17) is 11.6 Å². The number of anilines is 1. The summed E-state index contributed by atoms with van der Waals surface area (Å²) < 4.78 is 38.3. The summed E-state index contributed by atoms with van der Waals surface area (Å²) in [6.07, 6.45) is -1.50. The van der Waals surface area contributed by atoms with Gasteiger partial charge in [-0.05, 0) is 31.2 Å². The Morgan fingerprint density at radius 2 is 1.86 bits per heavy atom. The maximum absolute atomic E-state index is 12.9. The molecule has 2 fully saturated rings. The van der Waals surface area contributed by atoms with Crippen molar-refractivity contribution in [3.05, 3.63) is 34.5 Å². The van der Waals surface area contributed by atoms with Gasteiger partial charge in [0.15, 0.2) is 0 Å². The van der Waals surface area contributed by atoms with E-state index < -0.39 is 11.7 Å². The van der Waals surface area contributed by atoms with Gasteiger partial charge >= 0.3 is 6.18 Å². The van der Waals surface area contributed by atoms with E-state index in [0.29, 0.717) is 32.0 Å². The molecule has 4 nitrogen and oxygen atoms in total. The van der Waals surface area contributed by atoms with Crippen molar-refractivity contribution in [3.8, 4) is 0 Å². The zero-order valence-corrected chi connectivity index (χ0v) is 17.2. The lowest BCUT2D eigenvalue weighted by Gasteiger charge is -2.36. The third kappa shape index (κ3) is 4.00. The summed E-state index contributed by atoms with van der Waals surface area (Å²) in [5.74, 6) is 0.727. The van der Waals surface area contributed by atoms with Crippen molar-refractivity contribution in [2.24, 2.45) is 17.3 Å². The smallest absolute Gasteiger partial charge is 0.352 e. The van der Waals surface area contributed by atoms with E-state index in [9.17, 15) is 18.0 Å². The Kier molecular flexibility index (Phi) is 5.42. The summed E-state index contributed by atoms with van der Waals surface area (Å²) in [7, 11) is 0. The minimum absolute atomic E-state index is 0.0123. The number of piperazine rings is 1. The van der Waals surface area contributed by atoms with Crippen molar-refractivity contribution in [1.29, 1.82) is 0 Å². The molecule has 0 aromatic carbocycles. The second-order valence-electron chi connectivity index (χ2n) is 8.41. The Morgan fingerprint density at radius 3 is 2.36 bits per heavy atom. The van der Waals surface area contributed by atoms with Crippen LogP contribution in [-0.2, 0) is 11.0 Å². The van der Waals surface area contributed by atoms with Crippen LogP contribution in [0.2, 0.25) is 5.02 Å². The largest absolute Gasteiger partial charge is 0.417 e. The molecule has 1 saturated carbocycles. The number of aromatic nitrogens is 1. The first kappa shape index (κ1) is 21.0. The molecule has 1 amide bonds. The maximum Gasteiger partial charge on any atom is 0.417 e. The number of allylic oxidation sites excluding steroid dienone is 2. The molecule has 154 valence electrons. The van der Waals surface area contributed by atoms with E-state index in [1.807, 2.05) is 23.6 Å². The quantitative estimate of drug-likeness (QED) is 0.675. The van der Waals surface area contributed by atoms with E-state index in [-0.39, 0.29) is 28.2 Å². The van der Waals surface area contributed by atoms with Gasteiger partial charge in [-0.2, -0.15) is 13.2 Å². The predicted octanol–water partition coefficient (Wildman–Crippen LogP) is 4.64. The highest BCUT2D eigenvalue weighted by atomic mass is 35.5. The monoisotopic (exact) mass is 415 g/mol. The molecule has 0 unspecified atom stereocenters. The van der Waals surface area contributed by atoms with E-state index in [1.165, 1.54) is 5.57 Å². The fourth-order valence-corrected chi connectivity index (χ4v) is 4.26. The number of hydrogen-bond acceptors (Lipinski definition) is 3. The molecule has 2 atom stereocenters. The summed E-state index contributed by atoms with van der Waals surface area (Å²) in [4.78, 5) is 20.5. The van der Waals surface area contributed by atoms with E-state index in [0.717, 1.165) is 12.3 Å². The van der Waals surface area contributed by atoms with Gasteiger partial charge in [0.1, 0.15) is 5.82 Å². The lowest BCUT2D eigenvalue weighted by Crippen LogP contribution is -2.50. The van der Waals surface area contributed by atoms with Crippen LogP contribution in [0.1, 0.15) is 33.3 Å². The van der Waals surface area contributed by atoms with Crippen LogP contribution in [0.4, 0.5) is 19.0 Å². The van der Waals surface area contributed by atoms with Crippen LogP contribution in [0.25, 0.3) is 0 Å². The van der Waals surface area contributed by atoms with Gasteiger partial charge in [-0.3, -0.25) is 4.79 Å². The number of nitrogens with zero attached hydrogens (tertiary/aromatic N) is 3. The summed E-state index contributed by atoms with van der Waals surface area (Å²) >= 11 is 6.04. The van der Waals surface area contributed by atoms with Crippen LogP contribution >= 0.6 is 11.6 Å². The van der Waals surface area contributed by atoms with Crippen molar-refractivity contribution in [2.75, 3.05) is 31.1 Å². The molecule has 0 spiro atoms. The average Bonchev–Trinajstić information content (AvgIpc) is 3.13. The summed E-state index contributed by atoms with van der Waals surface area (Å²) in [5.41, 5.74) is 0.307. The van der Waals surface area contributed by atoms with Gasteiger partial charge in [0.2, 0.25) is 5.91 Å². The third-order valence-corrected chi connectivity index (χ3v) is 6.01. The zero-order valence-electron chi connectivity index (χ0n) is 16.5. The van der Waals surface area contributed by atoms with Crippen molar-refractivity contribution >= 4 is 23.3 Å². The topological polar surface area (TPSA) is 36.4 Å². The lowest BCUT2D eigenvalue weighted by molar-refractivity contribution is -0.138. The number of alkyl halides is 3. The molecule has 1 saturated heterocycles. The molecule has 1 aromatic rings. The molecule has 1 aliphatic carbocycles. The number of rotatable bonds is 3. The van der Waals surface area contributed by atoms with Gasteiger partial charge in [-0.1, -0.05) is 37.1 Å². The Bertz CT molecular complexity index is 794. The van der Waals surface area contributed by atoms with Gasteiger partial charge in [0.25, 0.3) is 0 Å². The van der Waals surface area contributed by atoms with Crippen LogP contribution in [0.15, 0.2) is 23.9 Å². The van der Waals surface area contributed by atoms with Crippen molar-refractivity contribution < 1.29 is 18.0 Å². The Labute approximate surface area is 168 Å². The highest BCUT2D eigenvalue weighted by Gasteiger charge is 2.61. The summed E-state index contributed by atoms with van der Waals surface area (Å²) in [5, 5.41) is -0.0263. The van der Waals surface area contributed by atoms with Gasteiger partial charge in [-0.25, -0.2) is 4.98 Å². The lowest BCUT2D eigenvalue weighted by atomic mass is 10.1. The Hall–Kier alpha value is -1.76. The molecule has 1 aliphatic heterocycles. The van der Waals surface area contributed by atoms with E-state index in [2.05, 4.69) is 24.9 Å². The first-order valence-electron chi connectivity index (χ1n) is 9.34. The molecule has 3 rings (SSSR count). The van der Waals surface area contributed by atoms with Gasteiger partial charge in [0, 0.05) is 32.4 Å². The normalized spacial score (nSPS) is 24.1. The number of halogens is 4. The average molecular weight is 416 g/mol. The van der Waals surface area contributed by atoms with Gasteiger partial charge < -0.3 is 9.80 Å². The fourth-order valence-electron chi connectivity index (χ4n) is 3.97. The molecule has 0 bridgehead atoms. The SMILES string of the molecule is CC(C)=C[C@@H]1[C@H](C(=O)N2CCN(c3ncc(C(F)(F)F)cc3Cl)CC2)C1(C)C. The Balaban J connectivity index is 1.64. The number of pyridine rings is 1. The van der Waals surface area contributed by atoms with Crippen molar-refractivity contribution in [1.82, 2.24) is 9.88 Å². The fraction of sp³-hybridized carbons (Fsp3) is 0.600. The first-order valence-corrected chi connectivity index (χ1v) is 9.72. The van der Waals surface area contributed by atoms with Crippen LogP contribution < -0.4 is 4.90 Å². The summed E-state index contributed by atoms with van der Waals surface area (Å²) in [6, 6.07) is 0.901. The number of hydrogen-bond donors (Lipinski definition) is 0. The van der Waals surface area contributed by atoms with E-state index >= 15 is 0 Å². The van der Waals surface area contributed by atoms with Gasteiger partial charge in [0.05, 0.1) is 16.5 Å². The maximum atomic E-state index is 12.9. The van der Waals surface area contributed by atoms with Crippen molar-refractivity contribution in [2.45, 2.75) is 33.9 Å². The van der Waals surface area contributed by atoms with Crippen LogP contribution in [0, 0.1) is 17.3 Å². The molecule has 0 radical (unpaired) electrons. The standard InChI is InChI=1S/C20H25ClF3N3O/c1-12(2)9-14-16(19(14,3)4)18(28)27-7-5-26(6-8-27)17-15(21)10-13(11-25-17)20(22,23)24/h9-11,14,16H,5-8H2,1-4H3/t14-,16-/m1/s1. The highest BCUT2D eigenvalue weighted by Crippen LogP contribution is 2.60. The molecular formula is C20H25ClF3N3O. The molecule has 0 N–H and O–H groups in total. The highest BCUT2D eigenvalue weighted by molar-refractivity contribution is 6.33. The van der Waals surface area contributed by atoms with E-state index in [1.54, 1.807) is 0 Å². The molecule has 2 aliphatic rings. The number of carbonyl (C=O) groups excluding carboxylic acids is 1. The predicted molar refractivity (Wildman–Crippen MR) is 103 cm³/mol. The minimum atomic E-state index is -4.47. The number of carbonyl (C=O) groups is 1. The summed E-state index contributed by atoms with van der Waals surface area (Å²) in [6.45, 7) is 10.3. The van der Waals surface area contributed by atoms with Crippen molar-refractivity contribution in [3.63, 3.8) is 0 Å². The third-order valence-electron chi connectivity index (χ3n) is 5.73. The molecule has 8 heteroatoms. The molecular weight excluding hydrogens is 391 g/mol. The minimum Gasteiger partial charge on any atom is -0.352 e. The molecule has 2 heterocycles. The molecule has 1 aromatic heterocycles. The second-order valence-corrected chi connectivity index (χ2v) is 8.82. The second kappa shape index (κ2) is 7.25. The molecule has 28 heavy (non-hydrogen) atoms. The Morgan fingerprint density at radius 1 is 1.25 bits per heavy atom.